The second-order valence-corrected chi connectivity index (χ2v) is 5.31. The molecule has 2 heterocycles. The lowest BCUT2D eigenvalue weighted by atomic mass is 10.3. The van der Waals surface area contributed by atoms with Crippen molar-refractivity contribution >= 4 is 11.7 Å². The number of aromatic nitrogens is 2. The maximum absolute atomic E-state index is 12.5. The number of aryl methyl sites for hydroxylation is 1. The van der Waals surface area contributed by atoms with E-state index in [2.05, 4.69) is 23.4 Å². The first-order valence-electron chi connectivity index (χ1n) is 7.38. The minimum atomic E-state index is 0.0817. The zero-order chi connectivity index (χ0) is 14.8. The highest BCUT2D eigenvalue weighted by Crippen LogP contribution is 2.21. The summed E-state index contributed by atoms with van der Waals surface area (Å²) in [4.78, 5) is 19.5. The van der Waals surface area contributed by atoms with Crippen LogP contribution in [-0.4, -0.2) is 29.0 Å². The normalized spacial score (nSPS) is 15.0. The van der Waals surface area contributed by atoms with E-state index in [4.69, 9.17) is 0 Å². The first-order valence-corrected chi connectivity index (χ1v) is 7.38. The van der Waals surface area contributed by atoms with Crippen LogP contribution >= 0.6 is 0 Å². The molecule has 2 amide bonds. The summed E-state index contributed by atoms with van der Waals surface area (Å²) < 4.78 is 2.16. The van der Waals surface area contributed by atoms with Gasteiger partial charge in [0.05, 0.1) is 13.1 Å². The van der Waals surface area contributed by atoms with Crippen molar-refractivity contribution < 1.29 is 9.36 Å². The van der Waals surface area contributed by atoms with Crippen LogP contribution in [0.15, 0.2) is 36.7 Å². The molecule has 5 nitrogen and oxygen atoms in total. The number of imidazole rings is 1. The van der Waals surface area contributed by atoms with Gasteiger partial charge < -0.3 is 4.90 Å². The lowest BCUT2D eigenvalue weighted by Gasteiger charge is -2.17. The number of anilines is 1. The summed E-state index contributed by atoms with van der Waals surface area (Å²) in [5, 5.41) is 0. The maximum Gasteiger partial charge on any atom is 0.325 e. The number of nitrogens with one attached hydrogen (secondary N) is 1. The Labute approximate surface area is 124 Å². The molecule has 0 spiro atoms. The van der Waals surface area contributed by atoms with Crippen LogP contribution in [0.1, 0.15) is 18.3 Å². The van der Waals surface area contributed by atoms with Crippen molar-refractivity contribution in [2.75, 3.05) is 18.0 Å². The molecule has 1 fully saturated rings. The number of carbonyl (C=O) groups is 1. The van der Waals surface area contributed by atoms with Crippen LogP contribution in [0.5, 0.6) is 0 Å². The van der Waals surface area contributed by atoms with Gasteiger partial charge in [0.25, 0.3) is 0 Å². The Bertz CT molecular complexity index is 635. The number of rotatable bonds is 4. The first kappa shape index (κ1) is 13.7. The Kier molecular flexibility index (Phi) is 3.64. The smallest absolute Gasteiger partial charge is 0.314 e. The SMILES string of the molecule is CC[n+]1c[nH]c(CN2CCN(c3ccccc3)C2=O)c1C. The number of hydrogen-bond acceptors (Lipinski definition) is 1. The van der Waals surface area contributed by atoms with Crippen molar-refractivity contribution in [1.29, 1.82) is 0 Å². The summed E-state index contributed by atoms with van der Waals surface area (Å²) >= 11 is 0. The monoisotopic (exact) mass is 285 g/mol. The molecule has 1 aromatic heterocycles. The molecule has 1 saturated heterocycles. The molecule has 0 radical (unpaired) electrons. The van der Waals surface area contributed by atoms with E-state index >= 15 is 0 Å². The molecule has 21 heavy (non-hydrogen) atoms. The zero-order valence-corrected chi connectivity index (χ0v) is 12.5. The van der Waals surface area contributed by atoms with Gasteiger partial charge in [0.2, 0.25) is 6.33 Å². The summed E-state index contributed by atoms with van der Waals surface area (Å²) in [6, 6.07) is 9.93. The van der Waals surface area contributed by atoms with E-state index in [-0.39, 0.29) is 6.03 Å². The average molecular weight is 285 g/mol. The number of amides is 2. The number of hydrogen-bond donors (Lipinski definition) is 1. The molecule has 3 rings (SSSR count). The van der Waals surface area contributed by atoms with Crippen LogP contribution in [0.25, 0.3) is 0 Å². The number of H-pyrrole nitrogens is 1. The molecule has 0 saturated carbocycles. The van der Waals surface area contributed by atoms with Gasteiger partial charge in [-0.15, -0.1) is 0 Å². The minimum absolute atomic E-state index is 0.0817. The molecule has 0 unspecified atom stereocenters. The van der Waals surface area contributed by atoms with Crippen LogP contribution in [0.4, 0.5) is 10.5 Å². The number of urea groups is 1. The van der Waals surface area contributed by atoms with Gasteiger partial charge in [-0.05, 0) is 19.1 Å². The summed E-state index contributed by atoms with van der Waals surface area (Å²) in [5.41, 5.74) is 3.28. The molecule has 0 atom stereocenters. The molecule has 5 heteroatoms. The fourth-order valence-corrected chi connectivity index (χ4v) is 2.79. The lowest BCUT2D eigenvalue weighted by molar-refractivity contribution is -0.698. The third kappa shape index (κ3) is 2.51. The Morgan fingerprint density at radius 3 is 2.67 bits per heavy atom. The Morgan fingerprint density at radius 2 is 2.00 bits per heavy atom. The van der Waals surface area contributed by atoms with Crippen molar-refractivity contribution in [1.82, 2.24) is 9.88 Å². The highest BCUT2D eigenvalue weighted by Gasteiger charge is 2.31. The second-order valence-electron chi connectivity index (χ2n) is 5.31. The van der Waals surface area contributed by atoms with E-state index in [0.717, 1.165) is 31.0 Å². The van der Waals surface area contributed by atoms with Crippen LogP contribution in [0.3, 0.4) is 0 Å². The Hall–Kier alpha value is -2.30. The summed E-state index contributed by atoms with van der Waals surface area (Å²) in [6.07, 6.45) is 1.97. The lowest BCUT2D eigenvalue weighted by Crippen LogP contribution is -2.34. The predicted molar refractivity (Wildman–Crippen MR) is 81.0 cm³/mol. The van der Waals surface area contributed by atoms with Crippen LogP contribution in [0, 0.1) is 6.92 Å². The number of para-hydroxylation sites is 1. The van der Waals surface area contributed by atoms with Crippen molar-refractivity contribution in [2.45, 2.75) is 26.9 Å². The van der Waals surface area contributed by atoms with Gasteiger partial charge in [0, 0.05) is 25.7 Å². The fraction of sp³-hybridized carbons (Fsp3) is 0.375. The highest BCUT2D eigenvalue weighted by atomic mass is 16.2. The van der Waals surface area contributed by atoms with Crippen LogP contribution in [0.2, 0.25) is 0 Å². The van der Waals surface area contributed by atoms with Crippen molar-refractivity contribution in [2.24, 2.45) is 0 Å². The van der Waals surface area contributed by atoms with Gasteiger partial charge in [-0.25, -0.2) is 14.3 Å². The quantitative estimate of drug-likeness (QED) is 0.859. The molecule has 1 aliphatic rings. The topological polar surface area (TPSA) is 43.2 Å². The van der Waals surface area contributed by atoms with Gasteiger partial charge in [-0.2, -0.15) is 0 Å². The van der Waals surface area contributed by atoms with Gasteiger partial charge in [-0.1, -0.05) is 18.2 Å². The Morgan fingerprint density at radius 1 is 1.24 bits per heavy atom. The minimum Gasteiger partial charge on any atom is -0.314 e. The molecule has 0 aliphatic carbocycles. The molecule has 1 aliphatic heterocycles. The van der Waals surface area contributed by atoms with Gasteiger partial charge in [0.15, 0.2) is 5.69 Å². The molecular formula is C16H21N4O+. The van der Waals surface area contributed by atoms with Gasteiger partial charge in [-0.3, -0.25) is 4.90 Å². The summed E-state index contributed by atoms with van der Waals surface area (Å²) in [6.45, 7) is 7.29. The third-order valence-corrected chi connectivity index (χ3v) is 4.11. The van der Waals surface area contributed by atoms with Gasteiger partial charge in [0.1, 0.15) is 5.69 Å². The molecule has 0 bridgehead atoms. The van der Waals surface area contributed by atoms with E-state index in [1.807, 2.05) is 46.5 Å². The summed E-state index contributed by atoms with van der Waals surface area (Å²) in [7, 11) is 0. The Balaban J connectivity index is 1.73. The maximum atomic E-state index is 12.5. The van der Waals surface area contributed by atoms with Crippen LogP contribution in [-0.2, 0) is 13.1 Å². The van der Waals surface area contributed by atoms with E-state index in [1.54, 1.807) is 0 Å². The fourth-order valence-electron chi connectivity index (χ4n) is 2.79. The molecular weight excluding hydrogens is 264 g/mol. The first-order chi connectivity index (χ1) is 10.2. The number of aromatic amines is 1. The van der Waals surface area contributed by atoms with Crippen molar-refractivity contribution in [3.63, 3.8) is 0 Å². The van der Waals surface area contributed by atoms with Crippen molar-refractivity contribution in [3.8, 4) is 0 Å². The highest BCUT2D eigenvalue weighted by molar-refractivity contribution is 5.94. The zero-order valence-electron chi connectivity index (χ0n) is 12.5. The predicted octanol–water partition coefficient (Wildman–Crippen LogP) is 2.07. The van der Waals surface area contributed by atoms with E-state index in [1.165, 1.54) is 5.69 Å². The van der Waals surface area contributed by atoms with Gasteiger partial charge >= 0.3 is 6.03 Å². The average Bonchev–Trinajstić information content (AvgIpc) is 3.05. The van der Waals surface area contributed by atoms with E-state index in [9.17, 15) is 4.79 Å². The van der Waals surface area contributed by atoms with Crippen molar-refractivity contribution in [3.05, 3.63) is 48.0 Å². The number of benzene rings is 1. The third-order valence-electron chi connectivity index (χ3n) is 4.11. The molecule has 1 N–H and O–H groups in total. The van der Waals surface area contributed by atoms with E-state index < -0.39 is 0 Å². The van der Waals surface area contributed by atoms with Crippen LogP contribution < -0.4 is 9.47 Å². The largest absolute Gasteiger partial charge is 0.325 e. The second kappa shape index (κ2) is 5.60. The molecule has 2 aromatic rings. The standard InChI is InChI=1S/C16H20N4O/c1-3-18-12-17-15(13(18)2)11-19-9-10-20(16(19)21)14-7-5-4-6-8-14/h4-8,12H,3,9-11H2,1-2H3/p+1. The number of nitrogens with zero attached hydrogens (tertiary/aromatic N) is 3. The molecule has 1 aromatic carbocycles. The van der Waals surface area contributed by atoms with E-state index in [0.29, 0.717) is 6.54 Å². The number of carbonyl (C=O) groups excluding carboxylic acids is 1. The molecule has 110 valence electrons. The summed E-state index contributed by atoms with van der Waals surface area (Å²) in [5.74, 6) is 0.